The van der Waals surface area contributed by atoms with E-state index in [-0.39, 0.29) is 11.6 Å². The lowest BCUT2D eigenvalue weighted by atomic mass is 10.2. The maximum atomic E-state index is 12.0. The number of nitrogens with zero attached hydrogens (tertiary/aromatic N) is 4. The van der Waals surface area contributed by atoms with Crippen molar-refractivity contribution in [3.8, 4) is 0 Å². The molecule has 2 aromatic rings. The second-order valence-electron chi connectivity index (χ2n) is 6.61. The van der Waals surface area contributed by atoms with Crippen LogP contribution >= 0.6 is 0 Å². The maximum absolute atomic E-state index is 12.0. The maximum Gasteiger partial charge on any atom is 0.269 e. The molecule has 1 aromatic heterocycles. The molecule has 1 amide bonds. The lowest BCUT2D eigenvalue weighted by molar-refractivity contribution is -0.384. The van der Waals surface area contributed by atoms with Gasteiger partial charge in [-0.25, -0.2) is 0 Å². The van der Waals surface area contributed by atoms with E-state index in [9.17, 15) is 14.9 Å². The monoisotopic (exact) mass is 372 g/mol. The molecule has 0 saturated heterocycles. The molecule has 0 radical (unpaired) electrons. The van der Waals surface area contributed by atoms with Crippen LogP contribution in [0.5, 0.6) is 0 Å². The van der Waals surface area contributed by atoms with Crippen LogP contribution in [0.4, 0.5) is 11.4 Å². The minimum absolute atomic E-state index is 0.0218. The van der Waals surface area contributed by atoms with Crippen molar-refractivity contribution in [2.24, 2.45) is 0 Å². The fraction of sp³-hybridized carbons (Fsp3) is 0.500. The van der Waals surface area contributed by atoms with E-state index in [1.165, 1.54) is 18.6 Å². The van der Waals surface area contributed by atoms with Gasteiger partial charge in [-0.1, -0.05) is 6.42 Å². The minimum atomic E-state index is -0.428. The lowest BCUT2D eigenvalue weighted by Crippen LogP contribution is -2.25. The van der Waals surface area contributed by atoms with Crippen molar-refractivity contribution >= 4 is 17.3 Å². The third-order valence-electron chi connectivity index (χ3n) is 4.62. The van der Waals surface area contributed by atoms with Gasteiger partial charge in [-0.05, 0) is 31.4 Å². The summed E-state index contributed by atoms with van der Waals surface area (Å²) in [7, 11) is 0. The van der Waals surface area contributed by atoms with Gasteiger partial charge >= 0.3 is 0 Å². The Hall–Kier alpha value is -2.97. The van der Waals surface area contributed by atoms with Crippen LogP contribution in [0, 0.1) is 10.1 Å². The molecule has 3 rings (SSSR count). The van der Waals surface area contributed by atoms with Crippen molar-refractivity contribution in [1.82, 2.24) is 20.1 Å². The fourth-order valence-corrected chi connectivity index (χ4v) is 3.12. The number of hydrogen-bond acceptors (Lipinski definition) is 6. The van der Waals surface area contributed by atoms with E-state index in [4.69, 9.17) is 0 Å². The zero-order valence-electron chi connectivity index (χ0n) is 15.2. The number of fused-ring (bicyclic) bond motifs is 1. The Balaban J connectivity index is 1.36. The van der Waals surface area contributed by atoms with Gasteiger partial charge in [0.2, 0.25) is 5.91 Å². The zero-order chi connectivity index (χ0) is 19.1. The highest BCUT2D eigenvalue weighted by atomic mass is 16.6. The Bertz CT molecular complexity index is 787. The Morgan fingerprint density at radius 3 is 2.78 bits per heavy atom. The number of rotatable bonds is 8. The van der Waals surface area contributed by atoms with Crippen molar-refractivity contribution in [2.75, 3.05) is 11.9 Å². The summed E-state index contributed by atoms with van der Waals surface area (Å²) < 4.78 is 2.13. The average Bonchev–Trinajstić information content (AvgIpc) is 2.90. The number of anilines is 1. The molecule has 0 fully saturated rings. The summed E-state index contributed by atoms with van der Waals surface area (Å²) >= 11 is 0. The molecule has 0 bridgehead atoms. The predicted molar refractivity (Wildman–Crippen MR) is 100 cm³/mol. The van der Waals surface area contributed by atoms with Gasteiger partial charge in [0.25, 0.3) is 5.69 Å². The molecule has 0 aliphatic carbocycles. The zero-order valence-corrected chi connectivity index (χ0v) is 15.2. The first kappa shape index (κ1) is 18.8. The van der Waals surface area contributed by atoms with Crippen molar-refractivity contribution in [1.29, 1.82) is 0 Å². The van der Waals surface area contributed by atoms with Gasteiger partial charge in [-0.3, -0.25) is 14.9 Å². The molecule has 2 heterocycles. The molecule has 1 aliphatic heterocycles. The largest absolute Gasteiger partial charge is 0.385 e. The van der Waals surface area contributed by atoms with E-state index in [1.54, 1.807) is 12.1 Å². The van der Waals surface area contributed by atoms with Crippen LogP contribution in [-0.2, 0) is 24.3 Å². The molecule has 9 nitrogen and oxygen atoms in total. The highest BCUT2D eigenvalue weighted by Gasteiger charge is 2.15. The van der Waals surface area contributed by atoms with Crippen molar-refractivity contribution in [3.63, 3.8) is 0 Å². The summed E-state index contributed by atoms with van der Waals surface area (Å²) in [6, 6.07) is 6.23. The second-order valence-corrected chi connectivity index (χ2v) is 6.61. The SMILES string of the molecule is O=C(CCCNc1ccc([N+](=O)[O-])cc1)NCc1nnc2n1CCCCC2. The molecule has 2 N–H and O–H groups in total. The lowest BCUT2D eigenvalue weighted by Gasteiger charge is -2.09. The van der Waals surface area contributed by atoms with E-state index in [0.29, 0.717) is 25.9 Å². The number of nitro benzene ring substituents is 1. The van der Waals surface area contributed by atoms with E-state index >= 15 is 0 Å². The third kappa shape index (κ3) is 5.25. The van der Waals surface area contributed by atoms with E-state index in [2.05, 4.69) is 25.4 Å². The van der Waals surface area contributed by atoms with Gasteiger partial charge in [0.1, 0.15) is 5.82 Å². The minimum Gasteiger partial charge on any atom is -0.385 e. The molecular formula is C18H24N6O3. The Morgan fingerprint density at radius 2 is 2.00 bits per heavy atom. The van der Waals surface area contributed by atoms with Gasteiger partial charge in [0.15, 0.2) is 5.82 Å². The summed E-state index contributed by atoms with van der Waals surface area (Å²) in [4.78, 5) is 22.2. The summed E-state index contributed by atoms with van der Waals surface area (Å²) in [6.45, 7) is 1.94. The fourth-order valence-electron chi connectivity index (χ4n) is 3.12. The number of non-ortho nitro benzene ring substituents is 1. The van der Waals surface area contributed by atoms with Crippen molar-refractivity contribution in [2.45, 2.75) is 51.6 Å². The van der Waals surface area contributed by atoms with Gasteiger partial charge in [-0.15, -0.1) is 10.2 Å². The number of carbonyl (C=O) groups is 1. The normalized spacial score (nSPS) is 13.5. The Labute approximate surface area is 157 Å². The highest BCUT2D eigenvalue weighted by molar-refractivity contribution is 5.75. The molecular weight excluding hydrogens is 348 g/mol. The quantitative estimate of drug-likeness (QED) is 0.418. The van der Waals surface area contributed by atoms with Crippen LogP contribution in [0.25, 0.3) is 0 Å². The predicted octanol–water partition coefficient (Wildman–Crippen LogP) is 2.42. The molecule has 1 aliphatic rings. The van der Waals surface area contributed by atoms with Crippen LogP contribution in [0.2, 0.25) is 0 Å². The molecule has 0 spiro atoms. The van der Waals surface area contributed by atoms with E-state index < -0.39 is 4.92 Å². The van der Waals surface area contributed by atoms with E-state index in [0.717, 1.165) is 43.1 Å². The molecule has 9 heteroatoms. The number of nitrogens with one attached hydrogen (secondary N) is 2. The average molecular weight is 372 g/mol. The standard InChI is InChI=1S/C18H24N6O3/c25-18(6-4-11-19-14-7-9-15(10-8-14)24(26)27)20-13-17-22-21-16-5-2-1-3-12-23(16)17/h7-10,19H,1-6,11-13H2,(H,20,25). The van der Waals surface area contributed by atoms with Gasteiger partial charge in [0.05, 0.1) is 11.5 Å². The molecule has 27 heavy (non-hydrogen) atoms. The highest BCUT2D eigenvalue weighted by Crippen LogP contribution is 2.16. The number of aromatic nitrogens is 3. The van der Waals surface area contributed by atoms with E-state index in [1.807, 2.05) is 0 Å². The number of amides is 1. The van der Waals surface area contributed by atoms with Crippen LogP contribution < -0.4 is 10.6 Å². The number of nitro groups is 1. The summed E-state index contributed by atoms with van der Waals surface area (Å²) in [5.41, 5.74) is 0.860. The molecule has 0 atom stereocenters. The molecule has 1 aromatic carbocycles. The first-order valence-electron chi connectivity index (χ1n) is 9.29. The Morgan fingerprint density at radius 1 is 1.19 bits per heavy atom. The summed E-state index contributed by atoms with van der Waals surface area (Å²) in [5, 5.41) is 25.1. The number of carbonyl (C=O) groups excluding carboxylic acids is 1. The number of aryl methyl sites for hydroxylation is 1. The van der Waals surface area contributed by atoms with Crippen molar-refractivity contribution < 1.29 is 9.72 Å². The van der Waals surface area contributed by atoms with Gasteiger partial charge in [-0.2, -0.15) is 0 Å². The van der Waals surface area contributed by atoms with Gasteiger partial charge < -0.3 is 15.2 Å². The smallest absolute Gasteiger partial charge is 0.269 e. The first-order chi connectivity index (χ1) is 13.1. The molecule has 144 valence electrons. The molecule has 0 saturated carbocycles. The second kappa shape index (κ2) is 9.11. The van der Waals surface area contributed by atoms with Crippen LogP contribution in [0.15, 0.2) is 24.3 Å². The number of hydrogen-bond donors (Lipinski definition) is 2. The summed E-state index contributed by atoms with van der Waals surface area (Å²) in [6.07, 6.45) is 5.50. The number of benzene rings is 1. The first-order valence-corrected chi connectivity index (χ1v) is 9.29. The Kier molecular flexibility index (Phi) is 6.35. The third-order valence-corrected chi connectivity index (χ3v) is 4.62. The molecule has 0 unspecified atom stereocenters. The van der Waals surface area contributed by atoms with Crippen LogP contribution in [-0.4, -0.2) is 32.1 Å². The van der Waals surface area contributed by atoms with Crippen LogP contribution in [0.3, 0.4) is 0 Å². The van der Waals surface area contributed by atoms with Crippen molar-refractivity contribution in [3.05, 3.63) is 46.0 Å². The van der Waals surface area contributed by atoms with Crippen LogP contribution in [0.1, 0.15) is 43.8 Å². The summed E-state index contributed by atoms with van der Waals surface area (Å²) in [5.74, 6) is 1.82. The van der Waals surface area contributed by atoms with Gasteiger partial charge in [0, 0.05) is 43.8 Å². The topological polar surface area (TPSA) is 115 Å².